The summed E-state index contributed by atoms with van der Waals surface area (Å²) in [5, 5.41) is 0.458. The van der Waals surface area contributed by atoms with Crippen molar-refractivity contribution in [2.24, 2.45) is 0 Å². The summed E-state index contributed by atoms with van der Waals surface area (Å²) in [6.07, 6.45) is 1.80. The van der Waals surface area contributed by atoms with Crippen LogP contribution in [0.15, 0.2) is 48.7 Å². The van der Waals surface area contributed by atoms with Crippen LogP contribution in [0.3, 0.4) is 0 Å². The van der Waals surface area contributed by atoms with Crippen LogP contribution in [0.1, 0.15) is 16.2 Å². The molecule has 1 N–H and O–H groups in total. The van der Waals surface area contributed by atoms with E-state index in [4.69, 9.17) is 0 Å². The van der Waals surface area contributed by atoms with Gasteiger partial charge in [0.2, 0.25) is 0 Å². The predicted octanol–water partition coefficient (Wildman–Crippen LogP) is 2.66. The minimum Gasteiger partial charge on any atom is -0.350 e. The fraction of sp³-hybridized carbons (Fsp3) is 0.263. The highest BCUT2D eigenvalue weighted by atomic mass is 19.1. The molecular weight excluding hydrogens is 319 g/mol. The van der Waals surface area contributed by atoms with E-state index in [0.29, 0.717) is 29.7 Å². The Hall–Kier alpha value is -2.73. The Morgan fingerprint density at radius 1 is 1.12 bits per heavy atom. The van der Waals surface area contributed by atoms with Crippen LogP contribution in [-0.2, 0) is 6.54 Å². The van der Waals surface area contributed by atoms with Gasteiger partial charge in [0.05, 0.1) is 5.69 Å². The smallest absolute Gasteiger partial charge is 0.270 e. The van der Waals surface area contributed by atoms with Gasteiger partial charge in [-0.1, -0.05) is 12.1 Å². The lowest BCUT2D eigenvalue weighted by Crippen LogP contribution is -2.48. The second kappa shape index (κ2) is 6.64. The Bertz CT molecular complexity index is 885. The molecule has 0 saturated carbocycles. The molecule has 1 saturated heterocycles. The molecule has 0 spiro atoms. The number of carbonyl (C=O) groups excluding carboxylic acids is 1. The van der Waals surface area contributed by atoms with Gasteiger partial charge in [0.25, 0.3) is 5.91 Å². The molecule has 128 valence electrons. The number of hydrogen-bond acceptors (Lipinski definition) is 3. The monoisotopic (exact) mass is 338 g/mol. The molecule has 1 aliphatic rings. The second-order valence-corrected chi connectivity index (χ2v) is 6.27. The van der Waals surface area contributed by atoms with E-state index >= 15 is 0 Å². The highest BCUT2D eigenvalue weighted by molar-refractivity contribution is 5.98. The van der Waals surface area contributed by atoms with Gasteiger partial charge in [0, 0.05) is 49.8 Å². The number of benzene rings is 1. The van der Waals surface area contributed by atoms with Gasteiger partial charge in [-0.25, -0.2) is 4.39 Å². The Morgan fingerprint density at radius 3 is 2.68 bits per heavy atom. The number of aromatic nitrogens is 2. The minimum absolute atomic E-state index is 0.0758. The summed E-state index contributed by atoms with van der Waals surface area (Å²) >= 11 is 0. The van der Waals surface area contributed by atoms with Crippen molar-refractivity contribution in [2.45, 2.75) is 6.54 Å². The lowest BCUT2D eigenvalue weighted by molar-refractivity contribution is 0.0622. The van der Waals surface area contributed by atoms with E-state index in [0.717, 1.165) is 25.3 Å². The SMILES string of the molecule is O=C(c1cc2c(F)cccc2[nH]1)N1CCN(Cc2ccccn2)CC1. The van der Waals surface area contributed by atoms with Gasteiger partial charge in [0.1, 0.15) is 11.5 Å². The molecule has 1 aliphatic heterocycles. The maximum absolute atomic E-state index is 13.8. The maximum Gasteiger partial charge on any atom is 0.270 e. The lowest BCUT2D eigenvalue weighted by atomic mass is 10.2. The summed E-state index contributed by atoms with van der Waals surface area (Å²) in [6.45, 7) is 3.71. The number of nitrogens with zero attached hydrogens (tertiary/aromatic N) is 3. The topological polar surface area (TPSA) is 52.2 Å². The summed E-state index contributed by atoms with van der Waals surface area (Å²) in [7, 11) is 0. The third-order valence-electron chi connectivity index (χ3n) is 4.61. The number of amides is 1. The summed E-state index contributed by atoms with van der Waals surface area (Å²) in [5.74, 6) is -0.388. The summed E-state index contributed by atoms with van der Waals surface area (Å²) in [4.78, 5) is 24.2. The third kappa shape index (κ3) is 3.25. The first kappa shape index (κ1) is 15.8. The van der Waals surface area contributed by atoms with Gasteiger partial charge in [-0.05, 0) is 30.3 Å². The highest BCUT2D eigenvalue weighted by Crippen LogP contribution is 2.20. The van der Waals surface area contributed by atoms with E-state index in [-0.39, 0.29) is 11.7 Å². The normalized spacial score (nSPS) is 15.6. The van der Waals surface area contributed by atoms with E-state index in [1.165, 1.54) is 6.07 Å². The van der Waals surface area contributed by atoms with Crippen molar-refractivity contribution < 1.29 is 9.18 Å². The van der Waals surface area contributed by atoms with Crippen LogP contribution in [0.25, 0.3) is 10.9 Å². The minimum atomic E-state index is -0.312. The fourth-order valence-corrected chi connectivity index (χ4v) is 3.23. The molecule has 1 amide bonds. The Morgan fingerprint density at radius 2 is 1.96 bits per heavy atom. The first-order chi connectivity index (χ1) is 12.2. The fourth-order valence-electron chi connectivity index (χ4n) is 3.23. The van der Waals surface area contributed by atoms with Crippen LogP contribution >= 0.6 is 0 Å². The molecule has 0 unspecified atom stereocenters. The number of hydrogen-bond donors (Lipinski definition) is 1. The molecule has 0 aliphatic carbocycles. The van der Waals surface area contributed by atoms with Crippen LogP contribution in [0.2, 0.25) is 0 Å². The number of halogens is 1. The zero-order valence-corrected chi connectivity index (χ0v) is 13.8. The van der Waals surface area contributed by atoms with Crippen LogP contribution in [0.5, 0.6) is 0 Å². The van der Waals surface area contributed by atoms with Gasteiger partial charge in [-0.3, -0.25) is 14.7 Å². The molecule has 25 heavy (non-hydrogen) atoms. The quantitative estimate of drug-likeness (QED) is 0.799. The molecule has 3 aromatic rings. The molecule has 1 fully saturated rings. The van der Waals surface area contributed by atoms with E-state index in [9.17, 15) is 9.18 Å². The number of H-pyrrole nitrogens is 1. The number of nitrogens with one attached hydrogen (secondary N) is 1. The van der Waals surface area contributed by atoms with Crippen molar-refractivity contribution in [3.8, 4) is 0 Å². The maximum atomic E-state index is 13.8. The summed E-state index contributed by atoms with van der Waals surface area (Å²) in [5.41, 5.74) is 2.13. The average Bonchev–Trinajstić information content (AvgIpc) is 3.08. The van der Waals surface area contributed by atoms with Crippen molar-refractivity contribution in [1.82, 2.24) is 19.8 Å². The van der Waals surface area contributed by atoms with Crippen molar-refractivity contribution >= 4 is 16.8 Å². The molecule has 2 aromatic heterocycles. The van der Waals surface area contributed by atoms with Gasteiger partial charge >= 0.3 is 0 Å². The van der Waals surface area contributed by atoms with Gasteiger partial charge in [-0.2, -0.15) is 0 Å². The lowest BCUT2D eigenvalue weighted by Gasteiger charge is -2.34. The number of aromatic amines is 1. The third-order valence-corrected chi connectivity index (χ3v) is 4.61. The van der Waals surface area contributed by atoms with Crippen molar-refractivity contribution in [2.75, 3.05) is 26.2 Å². The average molecular weight is 338 g/mol. The first-order valence-corrected chi connectivity index (χ1v) is 8.39. The number of rotatable bonds is 3. The Labute approximate surface area is 145 Å². The van der Waals surface area contributed by atoms with Crippen molar-refractivity contribution in [1.29, 1.82) is 0 Å². The van der Waals surface area contributed by atoms with Crippen molar-refractivity contribution in [3.05, 3.63) is 65.9 Å². The number of piperazine rings is 1. The Kier molecular flexibility index (Phi) is 4.19. The molecular formula is C19H19FN4O. The zero-order chi connectivity index (χ0) is 17.2. The van der Waals surface area contributed by atoms with Gasteiger partial charge in [-0.15, -0.1) is 0 Å². The first-order valence-electron chi connectivity index (χ1n) is 8.39. The Balaban J connectivity index is 1.41. The van der Waals surface area contributed by atoms with Crippen LogP contribution < -0.4 is 0 Å². The number of carbonyl (C=O) groups is 1. The van der Waals surface area contributed by atoms with Crippen LogP contribution in [-0.4, -0.2) is 51.9 Å². The van der Waals surface area contributed by atoms with E-state index < -0.39 is 0 Å². The molecule has 0 radical (unpaired) electrons. The zero-order valence-electron chi connectivity index (χ0n) is 13.8. The largest absolute Gasteiger partial charge is 0.350 e. The molecule has 3 heterocycles. The molecule has 4 rings (SSSR count). The summed E-state index contributed by atoms with van der Waals surface area (Å²) < 4.78 is 13.8. The molecule has 6 heteroatoms. The van der Waals surface area contributed by atoms with Crippen LogP contribution in [0, 0.1) is 5.82 Å². The molecule has 1 aromatic carbocycles. The molecule has 0 atom stereocenters. The van der Waals surface area contributed by atoms with E-state index in [1.54, 1.807) is 24.4 Å². The molecule has 5 nitrogen and oxygen atoms in total. The number of pyridine rings is 1. The van der Waals surface area contributed by atoms with Crippen molar-refractivity contribution in [3.63, 3.8) is 0 Å². The summed E-state index contributed by atoms with van der Waals surface area (Å²) in [6, 6.07) is 12.3. The molecule has 0 bridgehead atoms. The van der Waals surface area contributed by atoms with Gasteiger partial charge in [0.15, 0.2) is 0 Å². The van der Waals surface area contributed by atoms with Crippen LogP contribution in [0.4, 0.5) is 4.39 Å². The highest BCUT2D eigenvalue weighted by Gasteiger charge is 2.23. The van der Waals surface area contributed by atoms with E-state index in [1.807, 2.05) is 23.1 Å². The standard InChI is InChI=1S/C19H19FN4O/c20-16-5-3-6-17-15(16)12-18(22-17)19(25)24-10-8-23(9-11-24)13-14-4-1-2-7-21-14/h1-7,12,22H,8-11,13H2. The van der Waals surface area contributed by atoms with Gasteiger partial charge < -0.3 is 9.88 Å². The number of fused-ring (bicyclic) bond motifs is 1. The predicted molar refractivity (Wildman–Crippen MR) is 93.7 cm³/mol. The second-order valence-electron chi connectivity index (χ2n) is 6.27. The van der Waals surface area contributed by atoms with E-state index in [2.05, 4.69) is 14.9 Å².